The summed E-state index contributed by atoms with van der Waals surface area (Å²) >= 11 is 0. The summed E-state index contributed by atoms with van der Waals surface area (Å²) in [4.78, 5) is 11.6. The standard InChI is InChI=1S/C13H29N5O2/c1-9(2)6-10(7-11(17-14)18-15)8-16-12(19)20-13(3,4)5/h9-10H,6-8,14-15H2,1-5H3,(H,16,19)(H,17,18). The molecule has 0 aliphatic carbocycles. The number of hydrazine groups is 1. The van der Waals surface area contributed by atoms with E-state index in [4.69, 9.17) is 16.4 Å². The van der Waals surface area contributed by atoms with E-state index in [0.29, 0.717) is 24.7 Å². The zero-order valence-corrected chi connectivity index (χ0v) is 13.2. The molecule has 1 unspecified atom stereocenters. The van der Waals surface area contributed by atoms with Gasteiger partial charge in [-0.05, 0) is 39.0 Å². The van der Waals surface area contributed by atoms with Gasteiger partial charge in [-0.25, -0.2) is 10.6 Å². The summed E-state index contributed by atoms with van der Waals surface area (Å²) in [5.41, 5.74) is 1.96. The number of hydrogen-bond donors (Lipinski definition) is 4. The van der Waals surface area contributed by atoms with Crippen LogP contribution in [0.25, 0.3) is 0 Å². The van der Waals surface area contributed by atoms with Crippen LogP contribution in [0.5, 0.6) is 0 Å². The first-order valence-electron chi connectivity index (χ1n) is 6.88. The Kier molecular flexibility index (Phi) is 7.98. The fourth-order valence-electron chi connectivity index (χ4n) is 1.87. The molecule has 0 rings (SSSR count). The monoisotopic (exact) mass is 287 g/mol. The van der Waals surface area contributed by atoms with Gasteiger partial charge in [-0.3, -0.25) is 0 Å². The molecule has 0 aromatic carbocycles. The molecule has 20 heavy (non-hydrogen) atoms. The van der Waals surface area contributed by atoms with Crippen molar-refractivity contribution in [2.24, 2.45) is 28.6 Å². The normalized spacial score (nSPS) is 14.1. The summed E-state index contributed by atoms with van der Waals surface area (Å²) in [6.07, 6.45) is 1.09. The lowest BCUT2D eigenvalue weighted by Gasteiger charge is -2.23. The average molecular weight is 287 g/mol. The van der Waals surface area contributed by atoms with Crippen LogP contribution in [0.4, 0.5) is 4.79 Å². The minimum absolute atomic E-state index is 0.195. The number of hydrogen-bond acceptors (Lipinski definition) is 5. The minimum Gasteiger partial charge on any atom is -0.444 e. The van der Waals surface area contributed by atoms with Crippen LogP contribution in [0, 0.1) is 11.8 Å². The number of nitrogens with zero attached hydrogens (tertiary/aromatic N) is 1. The number of alkyl carbamates (subject to hydrolysis) is 1. The Bertz CT molecular complexity index is 323. The van der Waals surface area contributed by atoms with Crippen LogP contribution < -0.4 is 22.4 Å². The van der Waals surface area contributed by atoms with Crippen molar-refractivity contribution in [1.29, 1.82) is 0 Å². The van der Waals surface area contributed by atoms with E-state index in [0.717, 1.165) is 6.42 Å². The Balaban J connectivity index is 4.40. The van der Waals surface area contributed by atoms with E-state index in [9.17, 15) is 4.79 Å². The van der Waals surface area contributed by atoms with Crippen molar-refractivity contribution < 1.29 is 9.53 Å². The van der Waals surface area contributed by atoms with Crippen molar-refractivity contribution >= 4 is 11.9 Å². The van der Waals surface area contributed by atoms with Gasteiger partial charge in [0.1, 0.15) is 11.4 Å². The minimum atomic E-state index is -0.500. The highest BCUT2D eigenvalue weighted by Gasteiger charge is 2.19. The van der Waals surface area contributed by atoms with Gasteiger partial charge < -0.3 is 21.3 Å². The van der Waals surface area contributed by atoms with Crippen molar-refractivity contribution in [2.45, 2.75) is 53.1 Å². The van der Waals surface area contributed by atoms with Crippen molar-refractivity contribution in [3.8, 4) is 0 Å². The number of ether oxygens (including phenoxy) is 1. The molecule has 0 bridgehead atoms. The number of nitrogens with one attached hydrogen (secondary N) is 2. The summed E-state index contributed by atoms with van der Waals surface area (Å²) in [6.45, 7) is 10.2. The Morgan fingerprint density at radius 3 is 2.35 bits per heavy atom. The molecule has 0 aliphatic rings. The third-order valence-corrected chi connectivity index (χ3v) is 2.54. The third kappa shape index (κ3) is 9.43. The molecular formula is C13H29N5O2. The first kappa shape index (κ1) is 18.5. The van der Waals surface area contributed by atoms with Gasteiger partial charge in [0.25, 0.3) is 0 Å². The Hall–Kier alpha value is -1.50. The van der Waals surface area contributed by atoms with Crippen molar-refractivity contribution in [1.82, 2.24) is 10.7 Å². The van der Waals surface area contributed by atoms with Crippen LogP contribution >= 0.6 is 0 Å². The van der Waals surface area contributed by atoms with E-state index < -0.39 is 11.7 Å². The maximum absolute atomic E-state index is 11.6. The van der Waals surface area contributed by atoms with Crippen molar-refractivity contribution in [2.75, 3.05) is 6.54 Å². The molecule has 0 heterocycles. The number of carbonyl (C=O) groups excluding carboxylic acids is 1. The molecule has 0 spiro atoms. The fraction of sp³-hybridized carbons (Fsp3) is 0.846. The van der Waals surface area contributed by atoms with Gasteiger partial charge in [0.05, 0.1) is 0 Å². The molecule has 7 nitrogen and oxygen atoms in total. The Morgan fingerprint density at radius 1 is 1.35 bits per heavy atom. The summed E-state index contributed by atoms with van der Waals surface area (Å²) < 4.78 is 5.21. The second kappa shape index (κ2) is 8.63. The first-order chi connectivity index (χ1) is 9.17. The molecule has 6 N–H and O–H groups in total. The molecule has 0 aromatic heterocycles. The van der Waals surface area contributed by atoms with E-state index in [1.165, 1.54) is 0 Å². The summed E-state index contributed by atoms with van der Waals surface area (Å²) in [5, 5.41) is 6.35. The number of carbonyl (C=O) groups is 1. The number of amides is 1. The maximum atomic E-state index is 11.6. The van der Waals surface area contributed by atoms with Gasteiger partial charge in [-0.1, -0.05) is 13.8 Å². The van der Waals surface area contributed by atoms with Crippen LogP contribution in [0.15, 0.2) is 5.10 Å². The quantitative estimate of drug-likeness (QED) is 0.254. The van der Waals surface area contributed by atoms with Crippen LogP contribution in [-0.2, 0) is 4.74 Å². The molecular weight excluding hydrogens is 258 g/mol. The zero-order chi connectivity index (χ0) is 15.8. The fourth-order valence-corrected chi connectivity index (χ4v) is 1.87. The maximum Gasteiger partial charge on any atom is 0.407 e. The van der Waals surface area contributed by atoms with E-state index >= 15 is 0 Å². The van der Waals surface area contributed by atoms with Crippen LogP contribution in [0.1, 0.15) is 47.5 Å². The van der Waals surface area contributed by atoms with Crippen LogP contribution in [0.3, 0.4) is 0 Å². The lowest BCUT2D eigenvalue weighted by molar-refractivity contribution is 0.0517. The molecule has 0 aliphatic heterocycles. The first-order valence-corrected chi connectivity index (χ1v) is 6.88. The highest BCUT2D eigenvalue weighted by Crippen LogP contribution is 2.15. The Labute approximate surface area is 121 Å². The van der Waals surface area contributed by atoms with Crippen molar-refractivity contribution in [3.05, 3.63) is 0 Å². The lowest BCUT2D eigenvalue weighted by Crippen LogP contribution is -2.38. The van der Waals surface area contributed by atoms with Gasteiger partial charge >= 0.3 is 6.09 Å². The molecule has 0 radical (unpaired) electrons. The number of nitrogens with two attached hydrogens (primary N) is 2. The molecule has 1 amide bonds. The number of hydrazone groups is 1. The molecule has 1 atom stereocenters. The van der Waals surface area contributed by atoms with E-state index in [2.05, 4.69) is 29.7 Å². The molecule has 0 fully saturated rings. The lowest BCUT2D eigenvalue weighted by atomic mass is 9.93. The topological polar surface area (TPSA) is 115 Å². The Morgan fingerprint density at radius 2 is 1.95 bits per heavy atom. The predicted molar refractivity (Wildman–Crippen MR) is 80.7 cm³/mol. The highest BCUT2D eigenvalue weighted by atomic mass is 16.6. The largest absolute Gasteiger partial charge is 0.444 e. The zero-order valence-electron chi connectivity index (χ0n) is 13.2. The van der Waals surface area contributed by atoms with Gasteiger partial charge in [0.2, 0.25) is 0 Å². The second-order valence-electron chi connectivity index (χ2n) is 6.30. The molecule has 7 heteroatoms. The molecule has 0 saturated carbocycles. The average Bonchev–Trinajstić information content (AvgIpc) is 2.29. The number of rotatable bonds is 6. The molecule has 0 aromatic rings. The van der Waals surface area contributed by atoms with Crippen LogP contribution in [-0.4, -0.2) is 24.1 Å². The van der Waals surface area contributed by atoms with Crippen LogP contribution in [0.2, 0.25) is 0 Å². The van der Waals surface area contributed by atoms with E-state index in [1.54, 1.807) is 0 Å². The summed E-state index contributed by atoms with van der Waals surface area (Å²) in [5.74, 6) is 11.8. The molecule has 0 saturated heterocycles. The molecule has 118 valence electrons. The van der Waals surface area contributed by atoms with Gasteiger partial charge in [-0.2, -0.15) is 5.10 Å². The van der Waals surface area contributed by atoms with E-state index in [-0.39, 0.29) is 5.92 Å². The van der Waals surface area contributed by atoms with Gasteiger partial charge in [0, 0.05) is 13.0 Å². The summed E-state index contributed by atoms with van der Waals surface area (Å²) in [7, 11) is 0. The second-order valence-corrected chi connectivity index (χ2v) is 6.30. The summed E-state index contributed by atoms with van der Waals surface area (Å²) in [6, 6.07) is 0. The smallest absolute Gasteiger partial charge is 0.407 e. The third-order valence-electron chi connectivity index (χ3n) is 2.54. The van der Waals surface area contributed by atoms with Gasteiger partial charge in [-0.15, -0.1) is 0 Å². The van der Waals surface area contributed by atoms with Crippen molar-refractivity contribution in [3.63, 3.8) is 0 Å². The predicted octanol–water partition coefficient (Wildman–Crippen LogP) is 1.30. The van der Waals surface area contributed by atoms with Gasteiger partial charge in [0.15, 0.2) is 0 Å². The highest BCUT2D eigenvalue weighted by molar-refractivity contribution is 5.81. The van der Waals surface area contributed by atoms with E-state index in [1.807, 2.05) is 20.8 Å². The SMILES string of the molecule is CC(C)CC(CNC(=O)OC(C)(C)C)C/C(=N/N)NN. The number of amidine groups is 1.